The van der Waals surface area contributed by atoms with Crippen LogP contribution in [-0.2, 0) is 10.5 Å². The van der Waals surface area contributed by atoms with Crippen molar-refractivity contribution in [3.8, 4) is 11.5 Å². The Labute approximate surface area is 170 Å². The second-order valence-electron chi connectivity index (χ2n) is 6.11. The number of hydrogen-bond acceptors (Lipinski definition) is 5. The average molecular weight is 406 g/mol. The molecule has 4 nitrogen and oxygen atoms in total. The molecule has 1 amide bonds. The van der Waals surface area contributed by atoms with Crippen LogP contribution in [-0.4, -0.2) is 37.7 Å². The second-order valence-corrected chi connectivity index (χ2v) is 8.63. The van der Waals surface area contributed by atoms with Gasteiger partial charge in [-0.05, 0) is 37.6 Å². The van der Waals surface area contributed by atoms with Gasteiger partial charge in [-0.15, -0.1) is 11.8 Å². The predicted octanol–water partition coefficient (Wildman–Crippen LogP) is 4.54. The molecule has 0 aliphatic rings. The summed E-state index contributed by atoms with van der Waals surface area (Å²) in [5.41, 5.74) is 2.59. The molecule has 1 atom stereocenters. The van der Waals surface area contributed by atoms with Crippen molar-refractivity contribution >= 4 is 29.4 Å². The van der Waals surface area contributed by atoms with Crippen LogP contribution in [0.2, 0.25) is 0 Å². The average Bonchev–Trinajstić information content (AvgIpc) is 2.68. The van der Waals surface area contributed by atoms with Crippen molar-refractivity contribution in [2.24, 2.45) is 0 Å². The minimum Gasteiger partial charge on any atom is -0.493 e. The molecule has 0 spiro atoms. The van der Waals surface area contributed by atoms with Gasteiger partial charge < -0.3 is 14.8 Å². The summed E-state index contributed by atoms with van der Waals surface area (Å²) in [4.78, 5) is 13.3. The molecule has 0 saturated carbocycles. The van der Waals surface area contributed by atoms with Crippen LogP contribution >= 0.6 is 23.5 Å². The number of methoxy groups -OCH3 is 2. The van der Waals surface area contributed by atoms with Crippen molar-refractivity contribution in [1.29, 1.82) is 0 Å². The molecule has 0 saturated heterocycles. The van der Waals surface area contributed by atoms with E-state index in [1.807, 2.05) is 36.9 Å². The fraction of sp³-hybridized carbons (Fsp3) is 0.381. The first-order valence-electron chi connectivity index (χ1n) is 8.83. The van der Waals surface area contributed by atoms with Crippen molar-refractivity contribution in [2.75, 3.05) is 26.5 Å². The third kappa shape index (κ3) is 7.03. The molecular weight excluding hydrogens is 378 g/mol. The standard InChI is InChI=1S/C21H27NO3S2/c1-15-5-7-17(8-6-15)14-26-12-11-22-21(23)16(2)27-18-9-10-19(24-3)20(13-18)25-4/h5-10,13,16H,11-12,14H2,1-4H3,(H,22,23). The van der Waals surface area contributed by atoms with Crippen LogP contribution in [0.5, 0.6) is 11.5 Å². The lowest BCUT2D eigenvalue weighted by Gasteiger charge is -2.14. The number of rotatable bonds is 10. The lowest BCUT2D eigenvalue weighted by atomic mass is 10.2. The van der Waals surface area contributed by atoms with Crippen LogP contribution in [0.4, 0.5) is 0 Å². The minimum absolute atomic E-state index is 0.0470. The monoisotopic (exact) mass is 405 g/mol. The Morgan fingerprint density at radius 3 is 2.44 bits per heavy atom. The first kappa shape index (κ1) is 21.5. The fourth-order valence-electron chi connectivity index (χ4n) is 2.41. The number of amides is 1. The van der Waals surface area contributed by atoms with E-state index in [-0.39, 0.29) is 11.2 Å². The number of hydrogen-bond donors (Lipinski definition) is 1. The van der Waals surface area contributed by atoms with Crippen molar-refractivity contribution in [3.05, 3.63) is 53.6 Å². The zero-order valence-corrected chi connectivity index (χ0v) is 17.9. The van der Waals surface area contributed by atoms with E-state index >= 15 is 0 Å². The van der Waals surface area contributed by atoms with E-state index in [2.05, 4.69) is 36.5 Å². The zero-order chi connectivity index (χ0) is 19.6. The second kappa shape index (κ2) is 11.1. The summed E-state index contributed by atoms with van der Waals surface area (Å²) in [5.74, 6) is 3.26. The molecule has 1 N–H and O–H groups in total. The topological polar surface area (TPSA) is 47.6 Å². The van der Waals surface area contributed by atoms with Crippen molar-refractivity contribution in [2.45, 2.75) is 29.7 Å². The highest BCUT2D eigenvalue weighted by Crippen LogP contribution is 2.33. The normalized spacial score (nSPS) is 11.7. The minimum atomic E-state index is -0.176. The van der Waals surface area contributed by atoms with E-state index in [0.29, 0.717) is 18.0 Å². The van der Waals surface area contributed by atoms with Gasteiger partial charge >= 0.3 is 0 Å². The zero-order valence-electron chi connectivity index (χ0n) is 16.3. The summed E-state index contributed by atoms with van der Waals surface area (Å²) < 4.78 is 10.6. The molecule has 1 unspecified atom stereocenters. The van der Waals surface area contributed by atoms with Crippen LogP contribution in [0.1, 0.15) is 18.1 Å². The van der Waals surface area contributed by atoms with Crippen molar-refractivity contribution < 1.29 is 14.3 Å². The Balaban J connectivity index is 1.71. The van der Waals surface area contributed by atoms with Crippen LogP contribution in [0, 0.1) is 6.92 Å². The molecule has 0 heterocycles. The number of carbonyl (C=O) groups excluding carboxylic acids is 1. The molecule has 146 valence electrons. The Hall–Kier alpha value is -1.79. The number of ether oxygens (including phenoxy) is 2. The molecule has 0 radical (unpaired) electrons. The van der Waals surface area contributed by atoms with Gasteiger partial charge in [0.05, 0.1) is 19.5 Å². The number of carbonyl (C=O) groups is 1. The van der Waals surface area contributed by atoms with Gasteiger partial charge in [0.1, 0.15) is 0 Å². The Kier molecular flexibility index (Phi) is 8.88. The van der Waals surface area contributed by atoms with Gasteiger partial charge in [0, 0.05) is 22.9 Å². The van der Waals surface area contributed by atoms with E-state index in [0.717, 1.165) is 16.4 Å². The molecule has 2 rings (SSSR count). The van der Waals surface area contributed by atoms with Crippen LogP contribution < -0.4 is 14.8 Å². The van der Waals surface area contributed by atoms with E-state index in [1.165, 1.54) is 22.9 Å². The summed E-state index contributed by atoms with van der Waals surface area (Å²) >= 11 is 3.33. The van der Waals surface area contributed by atoms with Crippen LogP contribution in [0.3, 0.4) is 0 Å². The Morgan fingerprint density at radius 2 is 1.78 bits per heavy atom. The predicted molar refractivity (Wildman–Crippen MR) is 115 cm³/mol. The molecule has 0 aromatic heterocycles. The van der Waals surface area contributed by atoms with Crippen LogP contribution in [0.25, 0.3) is 0 Å². The number of thioether (sulfide) groups is 2. The number of aryl methyl sites for hydroxylation is 1. The summed E-state index contributed by atoms with van der Waals surface area (Å²) in [5, 5.41) is 2.84. The highest BCUT2D eigenvalue weighted by atomic mass is 32.2. The summed E-state index contributed by atoms with van der Waals surface area (Å²) in [7, 11) is 3.22. The van der Waals surface area contributed by atoms with Gasteiger partial charge in [-0.2, -0.15) is 11.8 Å². The number of nitrogens with one attached hydrogen (secondary N) is 1. The van der Waals surface area contributed by atoms with Gasteiger partial charge in [-0.25, -0.2) is 0 Å². The maximum absolute atomic E-state index is 12.3. The SMILES string of the molecule is COc1ccc(SC(C)C(=O)NCCSCc2ccc(C)cc2)cc1OC. The van der Waals surface area contributed by atoms with Gasteiger partial charge in [0.25, 0.3) is 0 Å². The smallest absolute Gasteiger partial charge is 0.233 e. The highest BCUT2D eigenvalue weighted by Gasteiger charge is 2.15. The molecular formula is C21H27NO3S2. The molecule has 0 aliphatic carbocycles. The summed E-state index contributed by atoms with van der Waals surface area (Å²) in [6.45, 7) is 4.68. The quantitative estimate of drug-likeness (QED) is 0.464. The van der Waals surface area contributed by atoms with Crippen molar-refractivity contribution in [1.82, 2.24) is 5.32 Å². The summed E-state index contributed by atoms with van der Waals surface area (Å²) in [6, 6.07) is 14.3. The maximum Gasteiger partial charge on any atom is 0.233 e. The molecule has 27 heavy (non-hydrogen) atoms. The summed E-state index contributed by atoms with van der Waals surface area (Å²) in [6.07, 6.45) is 0. The van der Waals surface area contributed by atoms with E-state index in [1.54, 1.807) is 14.2 Å². The fourth-order valence-corrected chi connectivity index (χ4v) is 4.15. The first-order chi connectivity index (χ1) is 13.0. The Bertz CT molecular complexity index is 735. The molecule has 0 aliphatic heterocycles. The molecule has 2 aromatic rings. The van der Waals surface area contributed by atoms with Gasteiger partial charge in [-0.1, -0.05) is 29.8 Å². The maximum atomic E-state index is 12.3. The molecule has 0 fully saturated rings. The lowest BCUT2D eigenvalue weighted by molar-refractivity contribution is -0.120. The van der Waals surface area contributed by atoms with E-state index < -0.39 is 0 Å². The third-order valence-electron chi connectivity index (χ3n) is 3.97. The van der Waals surface area contributed by atoms with Gasteiger partial charge in [-0.3, -0.25) is 4.79 Å². The molecule has 2 aromatic carbocycles. The first-order valence-corrected chi connectivity index (χ1v) is 10.9. The van der Waals surface area contributed by atoms with E-state index in [4.69, 9.17) is 9.47 Å². The third-order valence-corrected chi connectivity index (χ3v) is 6.10. The number of benzene rings is 2. The largest absolute Gasteiger partial charge is 0.493 e. The van der Waals surface area contributed by atoms with Gasteiger partial charge in [0.15, 0.2) is 11.5 Å². The molecule has 0 bridgehead atoms. The molecule has 6 heteroatoms. The Morgan fingerprint density at radius 1 is 1.07 bits per heavy atom. The highest BCUT2D eigenvalue weighted by molar-refractivity contribution is 8.00. The van der Waals surface area contributed by atoms with Gasteiger partial charge in [0.2, 0.25) is 5.91 Å². The van der Waals surface area contributed by atoms with Crippen molar-refractivity contribution in [3.63, 3.8) is 0 Å². The van der Waals surface area contributed by atoms with Crippen LogP contribution in [0.15, 0.2) is 47.4 Å². The lowest BCUT2D eigenvalue weighted by Crippen LogP contribution is -2.32. The van der Waals surface area contributed by atoms with E-state index in [9.17, 15) is 4.79 Å².